The second-order valence-corrected chi connectivity index (χ2v) is 6.35. The molecule has 2 aromatic rings. The third kappa shape index (κ3) is 2.77. The highest BCUT2D eigenvalue weighted by Gasteiger charge is 2.19. The van der Waals surface area contributed by atoms with Gasteiger partial charge in [-0.3, -0.25) is 0 Å². The number of hydrogen-bond acceptors (Lipinski definition) is 4. The zero-order valence-electron chi connectivity index (χ0n) is 11.0. The molecule has 19 heavy (non-hydrogen) atoms. The van der Waals surface area contributed by atoms with Crippen LogP contribution in [0.3, 0.4) is 0 Å². The minimum Gasteiger partial charge on any atom is -0.395 e. The molecule has 0 amide bonds. The van der Waals surface area contributed by atoms with Gasteiger partial charge in [0, 0.05) is 24.4 Å². The zero-order valence-corrected chi connectivity index (χ0v) is 11.8. The Morgan fingerprint density at radius 2 is 2.37 bits per heavy atom. The molecule has 102 valence electrons. The van der Waals surface area contributed by atoms with Gasteiger partial charge in [-0.2, -0.15) is 11.8 Å². The largest absolute Gasteiger partial charge is 0.395 e. The molecule has 0 spiro atoms. The Morgan fingerprint density at radius 3 is 3.16 bits per heavy atom. The molecule has 3 heterocycles. The normalized spacial score (nSPS) is 19.9. The number of thioether (sulfide) groups is 1. The van der Waals surface area contributed by atoms with Crippen molar-refractivity contribution in [3.8, 4) is 0 Å². The van der Waals surface area contributed by atoms with Crippen LogP contribution in [0.5, 0.6) is 0 Å². The summed E-state index contributed by atoms with van der Waals surface area (Å²) in [6, 6.07) is 3.91. The van der Waals surface area contributed by atoms with Crippen molar-refractivity contribution < 1.29 is 5.11 Å². The van der Waals surface area contributed by atoms with Crippen LogP contribution in [0.2, 0.25) is 0 Å². The highest BCUT2D eigenvalue weighted by molar-refractivity contribution is 7.99. The minimum absolute atomic E-state index is 0.132. The molecule has 0 radical (unpaired) electrons. The maximum atomic E-state index is 9.25. The number of aliphatic hydroxyl groups is 1. The van der Waals surface area contributed by atoms with E-state index in [9.17, 15) is 5.11 Å². The summed E-state index contributed by atoms with van der Waals surface area (Å²) in [7, 11) is 0. The van der Waals surface area contributed by atoms with Gasteiger partial charge in [0.25, 0.3) is 0 Å². The Hall–Kier alpha value is -1.07. The minimum atomic E-state index is 0.132. The summed E-state index contributed by atoms with van der Waals surface area (Å²) >= 11 is 2.06. The van der Waals surface area contributed by atoms with Crippen LogP contribution < -0.4 is 0 Å². The first-order chi connectivity index (χ1) is 9.38. The molecule has 3 rings (SSSR count). The summed E-state index contributed by atoms with van der Waals surface area (Å²) in [5, 5.41) is 9.92. The Kier molecular flexibility index (Phi) is 4.03. The van der Waals surface area contributed by atoms with E-state index in [-0.39, 0.29) is 6.61 Å². The van der Waals surface area contributed by atoms with Gasteiger partial charge in [-0.15, -0.1) is 0 Å². The third-order valence-electron chi connectivity index (χ3n) is 3.59. The van der Waals surface area contributed by atoms with Gasteiger partial charge in [-0.1, -0.05) is 6.42 Å². The average molecular weight is 277 g/mol. The highest BCUT2D eigenvalue weighted by Crippen LogP contribution is 2.28. The van der Waals surface area contributed by atoms with Gasteiger partial charge in [0.1, 0.15) is 11.3 Å². The second-order valence-electron chi connectivity index (χ2n) is 4.94. The molecule has 1 saturated heterocycles. The van der Waals surface area contributed by atoms with E-state index >= 15 is 0 Å². The summed E-state index contributed by atoms with van der Waals surface area (Å²) in [5.41, 5.74) is 1.83. The monoisotopic (exact) mass is 277 g/mol. The molecule has 1 N–H and O–H groups in total. The van der Waals surface area contributed by atoms with Crippen LogP contribution in [0.15, 0.2) is 18.3 Å². The lowest BCUT2D eigenvalue weighted by Gasteiger charge is -2.21. The SMILES string of the molecule is OCCn1c(CC2CCCCS2)nc2cccnc21. The molecule has 0 bridgehead atoms. The van der Waals surface area contributed by atoms with E-state index in [1.165, 1.54) is 25.0 Å². The van der Waals surface area contributed by atoms with Crippen LogP contribution in [-0.2, 0) is 13.0 Å². The summed E-state index contributed by atoms with van der Waals surface area (Å²) in [6.07, 6.45) is 6.73. The number of nitrogens with zero attached hydrogens (tertiary/aromatic N) is 3. The topological polar surface area (TPSA) is 50.9 Å². The first kappa shape index (κ1) is 12.9. The highest BCUT2D eigenvalue weighted by atomic mass is 32.2. The molecule has 1 fully saturated rings. The molecule has 1 aliphatic rings. The van der Waals surface area contributed by atoms with Gasteiger partial charge in [0.2, 0.25) is 0 Å². The van der Waals surface area contributed by atoms with E-state index in [4.69, 9.17) is 4.98 Å². The molecule has 5 heteroatoms. The molecule has 4 nitrogen and oxygen atoms in total. The Labute approximate surface area is 117 Å². The molecule has 0 aromatic carbocycles. The Bertz CT molecular complexity index is 549. The predicted octanol–water partition coefficient (Wildman–Crippen LogP) is 2.25. The Morgan fingerprint density at radius 1 is 1.42 bits per heavy atom. The van der Waals surface area contributed by atoms with Crippen LogP contribution in [0.4, 0.5) is 0 Å². The fraction of sp³-hybridized carbons (Fsp3) is 0.571. The van der Waals surface area contributed by atoms with Crippen molar-refractivity contribution in [3.63, 3.8) is 0 Å². The van der Waals surface area contributed by atoms with Crippen molar-refractivity contribution in [2.24, 2.45) is 0 Å². The smallest absolute Gasteiger partial charge is 0.160 e. The standard InChI is InChI=1S/C14H19N3OS/c18-8-7-17-13(10-11-4-1-2-9-19-11)16-12-5-3-6-15-14(12)17/h3,5-6,11,18H,1-2,4,7-10H2. The van der Waals surface area contributed by atoms with Gasteiger partial charge >= 0.3 is 0 Å². The molecular formula is C14H19N3OS. The van der Waals surface area contributed by atoms with E-state index < -0.39 is 0 Å². The number of rotatable bonds is 4. The molecule has 0 saturated carbocycles. The number of hydrogen-bond donors (Lipinski definition) is 1. The van der Waals surface area contributed by atoms with Gasteiger partial charge in [-0.05, 0) is 30.7 Å². The van der Waals surface area contributed by atoms with Crippen LogP contribution in [-0.4, -0.2) is 37.3 Å². The van der Waals surface area contributed by atoms with Gasteiger partial charge in [0.05, 0.1) is 6.61 Å². The first-order valence-electron chi connectivity index (χ1n) is 6.91. The lowest BCUT2D eigenvalue weighted by atomic mass is 10.1. The fourth-order valence-corrected chi connectivity index (χ4v) is 3.97. The first-order valence-corrected chi connectivity index (χ1v) is 7.96. The number of fused-ring (bicyclic) bond motifs is 1. The van der Waals surface area contributed by atoms with Crippen molar-refractivity contribution in [1.82, 2.24) is 14.5 Å². The van der Waals surface area contributed by atoms with Crippen molar-refractivity contribution in [1.29, 1.82) is 0 Å². The van der Waals surface area contributed by atoms with E-state index in [1.807, 2.05) is 12.1 Å². The number of aliphatic hydroxyl groups excluding tert-OH is 1. The van der Waals surface area contributed by atoms with Gasteiger partial charge < -0.3 is 9.67 Å². The summed E-state index contributed by atoms with van der Waals surface area (Å²) in [4.78, 5) is 9.10. The van der Waals surface area contributed by atoms with E-state index in [2.05, 4.69) is 21.3 Å². The van der Waals surface area contributed by atoms with Gasteiger partial charge in [-0.25, -0.2) is 9.97 Å². The van der Waals surface area contributed by atoms with Crippen molar-refractivity contribution >= 4 is 22.9 Å². The Balaban J connectivity index is 1.90. The fourth-order valence-electron chi connectivity index (χ4n) is 2.67. The van der Waals surface area contributed by atoms with E-state index in [1.54, 1.807) is 6.20 Å². The average Bonchev–Trinajstić information content (AvgIpc) is 2.79. The molecule has 1 unspecified atom stereocenters. The summed E-state index contributed by atoms with van der Waals surface area (Å²) in [5.74, 6) is 2.34. The lowest BCUT2D eigenvalue weighted by molar-refractivity contribution is 0.275. The van der Waals surface area contributed by atoms with Crippen LogP contribution in [0.1, 0.15) is 25.1 Å². The number of aromatic nitrogens is 3. The maximum Gasteiger partial charge on any atom is 0.160 e. The lowest BCUT2D eigenvalue weighted by Crippen LogP contribution is -2.17. The van der Waals surface area contributed by atoms with Crippen LogP contribution in [0, 0.1) is 0 Å². The molecular weight excluding hydrogens is 258 g/mol. The number of imidazole rings is 1. The predicted molar refractivity (Wildman–Crippen MR) is 78.4 cm³/mol. The van der Waals surface area contributed by atoms with Crippen molar-refractivity contribution in [2.45, 2.75) is 37.5 Å². The zero-order chi connectivity index (χ0) is 13.1. The van der Waals surface area contributed by atoms with E-state index in [0.717, 1.165) is 23.4 Å². The second kappa shape index (κ2) is 5.92. The molecule has 0 aliphatic carbocycles. The molecule has 1 aliphatic heterocycles. The van der Waals surface area contributed by atoms with E-state index in [0.29, 0.717) is 11.8 Å². The van der Waals surface area contributed by atoms with Crippen LogP contribution in [0.25, 0.3) is 11.2 Å². The maximum absolute atomic E-state index is 9.25. The summed E-state index contributed by atoms with van der Waals surface area (Å²) in [6.45, 7) is 0.715. The number of pyridine rings is 1. The van der Waals surface area contributed by atoms with Crippen LogP contribution >= 0.6 is 11.8 Å². The summed E-state index contributed by atoms with van der Waals surface area (Å²) < 4.78 is 2.07. The quantitative estimate of drug-likeness (QED) is 0.931. The third-order valence-corrected chi connectivity index (χ3v) is 4.99. The molecule has 1 atom stereocenters. The molecule has 2 aromatic heterocycles. The van der Waals surface area contributed by atoms with Crippen molar-refractivity contribution in [2.75, 3.05) is 12.4 Å². The van der Waals surface area contributed by atoms with Gasteiger partial charge in [0.15, 0.2) is 5.65 Å². The van der Waals surface area contributed by atoms with Crippen molar-refractivity contribution in [3.05, 3.63) is 24.2 Å².